The summed E-state index contributed by atoms with van der Waals surface area (Å²) >= 11 is 24.1. The molecule has 3 amide bonds. The van der Waals surface area contributed by atoms with E-state index in [4.69, 9.17) is 56.0 Å². The van der Waals surface area contributed by atoms with E-state index in [1.54, 1.807) is 24.3 Å². The number of anilines is 3. The number of amides is 3. The van der Waals surface area contributed by atoms with E-state index in [2.05, 4.69) is 21.1 Å². The zero-order chi connectivity index (χ0) is 27.7. The summed E-state index contributed by atoms with van der Waals surface area (Å²) in [5.41, 5.74) is 0.867. The van der Waals surface area contributed by atoms with Crippen LogP contribution in [0.5, 0.6) is 5.75 Å². The molecule has 3 N–H and O–H groups in total. The molecule has 0 saturated carbocycles. The molecule has 0 fully saturated rings. The fourth-order valence-electron chi connectivity index (χ4n) is 2.99. The summed E-state index contributed by atoms with van der Waals surface area (Å²) in [4.78, 5) is 43.3. The van der Waals surface area contributed by atoms with Crippen molar-refractivity contribution in [3.8, 4) is 5.75 Å². The molecule has 0 heterocycles. The normalized spacial score (nSPS) is 10.8. The summed E-state index contributed by atoms with van der Waals surface area (Å²) < 4.78 is 5.18. The molecule has 9 nitrogen and oxygen atoms in total. The molecule has 13 heteroatoms. The monoisotopic (exact) mass is 596 g/mol. The summed E-state index contributed by atoms with van der Waals surface area (Å²) in [6.07, 6.45) is 0.939. The second kappa shape index (κ2) is 13.9. The largest absolute Gasteiger partial charge is 0.495 e. The Morgan fingerprint density at radius 3 is 1.89 bits per heavy atom. The van der Waals surface area contributed by atoms with Gasteiger partial charge in [-0.2, -0.15) is 0 Å². The number of rotatable bonds is 10. The third-order valence-corrected chi connectivity index (χ3v) is 5.90. The van der Waals surface area contributed by atoms with Gasteiger partial charge in [-0.05, 0) is 48.5 Å². The fraction of sp³-hybridized carbons (Fsp3) is 0.120. The van der Waals surface area contributed by atoms with Gasteiger partial charge in [0.1, 0.15) is 5.75 Å². The maximum atomic E-state index is 13.0. The average Bonchev–Trinajstić information content (AvgIpc) is 2.87. The summed E-state index contributed by atoms with van der Waals surface area (Å²) in [5, 5.41) is 12.4. The number of hydrogen-bond acceptors (Lipinski definition) is 6. The molecule has 3 aromatic carbocycles. The van der Waals surface area contributed by atoms with Gasteiger partial charge in [-0.1, -0.05) is 63.7 Å². The molecule has 0 aliphatic carbocycles. The zero-order valence-corrected chi connectivity index (χ0v) is 22.7. The number of benzene rings is 3. The molecule has 0 aliphatic rings. The van der Waals surface area contributed by atoms with Crippen molar-refractivity contribution in [2.45, 2.75) is 0 Å². The lowest BCUT2D eigenvalue weighted by Crippen LogP contribution is -2.35. The Kier molecular flexibility index (Phi) is 10.6. The molecular weight excluding hydrogens is 578 g/mol. The van der Waals surface area contributed by atoms with Gasteiger partial charge >= 0.3 is 0 Å². The maximum Gasteiger partial charge on any atom is 0.265 e. The predicted molar refractivity (Wildman–Crippen MR) is 150 cm³/mol. The molecular formula is C25H20Cl4N4O5. The number of nitrogens with zero attached hydrogens (tertiary/aromatic N) is 1. The van der Waals surface area contributed by atoms with E-state index in [-0.39, 0.29) is 21.4 Å². The Labute approximate surface area is 238 Å². The van der Waals surface area contributed by atoms with E-state index in [0.29, 0.717) is 21.5 Å². The van der Waals surface area contributed by atoms with Crippen molar-refractivity contribution in [3.63, 3.8) is 0 Å². The van der Waals surface area contributed by atoms with Crippen molar-refractivity contribution in [3.05, 3.63) is 80.8 Å². The molecule has 198 valence electrons. The van der Waals surface area contributed by atoms with Gasteiger partial charge in [0.15, 0.2) is 12.5 Å². The van der Waals surface area contributed by atoms with Crippen molar-refractivity contribution in [2.24, 2.45) is 11.1 Å². The van der Waals surface area contributed by atoms with Crippen LogP contribution in [0.1, 0.15) is 0 Å². The Morgan fingerprint density at radius 2 is 1.37 bits per heavy atom. The van der Waals surface area contributed by atoms with E-state index < -0.39 is 30.2 Å². The first-order chi connectivity index (χ1) is 18.2. The summed E-state index contributed by atoms with van der Waals surface area (Å²) in [7, 11) is 1.47. The number of carbonyl (C=O) groups is 3. The first-order valence-corrected chi connectivity index (χ1v) is 12.3. The van der Waals surface area contributed by atoms with E-state index in [0.717, 1.165) is 6.21 Å². The Morgan fingerprint density at radius 1 is 0.816 bits per heavy atom. The fourth-order valence-corrected chi connectivity index (χ4v) is 3.90. The quantitative estimate of drug-likeness (QED) is 0.147. The van der Waals surface area contributed by atoms with Crippen LogP contribution in [0.2, 0.25) is 20.1 Å². The highest BCUT2D eigenvalue weighted by Gasteiger charge is 2.27. The summed E-state index contributed by atoms with van der Waals surface area (Å²) in [6, 6.07) is 15.6. The molecule has 0 spiro atoms. The van der Waals surface area contributed by atoms with Gasteiger partial charge in [0.05, 0.1) is 40.4 Å². The number of nitrogens with one attached hydrogen (secondary N) is 3. The first-order valence-electron chi connectivity index (χ1n) is 10.8. The van der Waals surface area contributed by atoms with Crippen LogP contribution in [0.3, 0.4) is 0 Å². The highest BCUT2D eigenvalue weighted by Crippen LogP contribution is 2.28. The SMILES string of the molecule is COc1ccccc1NC(=O)CO/N=C/C(C(=O)Nc1ccc(Cl)cc1Cl)C(=O)Nc1ccc(Cl)cc1Cl. The van der Waals surface area contributed by atoms with Gasteiger partial charge in [-0.15, -0.1) is 0 Å². The van der Waals surface area contributed by atoms with E-state index in [9.17, 15) is 14.4 Å². The highest BCUT2D eigenvalue weighted by atomic mass is 35.5. The van der Waals surface area contributed by atoms with Crippen LogP contribution in [0.15, 0.2) is 65.8 Å². The molecule has 0 aliphatic heterocycles. The third kappa shape index (κ3) is 8.26. The molecule has 0 bridgehead atoms. The maximum absolute atomic E-state index is 13.0. The smallest absolute Gasteiger partial charge is 0.265 e. The minimum absolute atomic E-state index is 0.159. The Balaban J connectivity index is 1.71. The van der Waals surface area contributed by atoms with E-state index in [1.165, 1.54) is 43.5 Å². The number of halogens is 4. The minimum Gasteiger partial charge on any atom is -0.495 e. The van der Waals surface area contributed by atoms with Crippen molar-refractivity contribution >= 4 is 87.4 Å². The molecule has 0 unspecified atom stereocenters. The van der Waals surface area contributed by atoms with Gasteiger partial charge in [-0.25, -0.2) is 0 Å². The standard InChI is InChI=1S/C25H20Cl4N4O5/c1-37-22-5-3-2-4-21(22)31-23(34)13-38-30-12-16(24(35)32-19-8-6-14(26)10-17(19)28)25(36)33-20-9-7-15(27)11-18(20)29/h2-12,16H,13H2,1H3,(H,31,34)(H,32,35)(H,33,36)/b30-12+. The van der Waals surface area contributed by atoms with E-state index >= 15 is 0 Å². The number of ether oxygens (including phenoxy) is 1. The van der Waals surface area contributed by atoms with Crippen LogP contribution in [0.25, 0.3) is 0 Å². The van der Waals surface area contributed by atoms with Crippen LogP contribution in [-0.4, -0.2) is 37.7 Å². The number of hydrogen-bond donors (Lipinski definition) is 3. The van der Waals surface area contributed by atoms with Crippen LogP contribution < -0.4 is 20.7 Å². The lowest BCUT2D eigenvalue weighted by atomic mass is 10.1. The summed E-state index contributed by atoms with van der Waals surface area (Å²) in [5.74, 6) is -3.17. The van der Waals surface area contributed by atoms with Crippen LogP contribution in [0, 0.1) is 5.92 Å². The number of carbonyl (C=O) groups excluding carboxylic acids is 3. The van der Waals surface area contributed by atoms with Gasteiger partial charge in [0, 0.05) is 10.0 Å². The third-order valence-electron chi connectivity index (χ3n) is 4.80. The topological polar surface area (TPSA) is 118 Å². The van der Waals surface area contributed by atoms with Crippen LogP contribution in [-0.2, 0) is 19.2 Å². The van der Waals surface area contributed by atoms with Gasteiger partial charge in [0.25, 0.3) is 5.91 Å². The zero-order valence-electron chi connectivity index (χ0n) is 19.6. The van der Waals surface area contributed by atoms with Crippen molar-refractivity contribution in [1.29, 1.82) is 0 Å². The Hall–Kier alpha value is -3.50. The molecule has 0 aromatic heterocycles. The second-order valence-electron chi connectivity index (χ2n) is 7.48. The van der Waals surface area contributed by atoms with Crippen molar-refractivity contribution in [1.82, 2.24) is 0 Å². The molecule has 38 heavy (non-hydrogen) atoms. The van der Waals surface area contributed by atoms with Crippen molar-refractivity contribution in [2.75, 3.05) is 29.7 Å². The molecule has 3 rings (SSSR count). The number of para-hydroxylation sites is 2. The highest BCUT2D eigenvalue weighted by molar-refractivity contribution is 6.38. The van der Waals surface area contributed by atoms with E-state index in [1.807, 2.05) is 0 Å². The number of methoxy groups -OCH3 is 1. The lowest BCUT2D eigenvalue weighted by Gasteiger charge is -2.15. The number of oxime groups is 1. The van der Waals surface area contributed by atoms with Gasteiger partial charge in [0.2, 0.25) is 11.8 Å². The minimum atomic E-state index is -1.51. The first kappa shape index (κ1) is 29.1. The van der Waals surface area contributed by atoms with Crippen molar-refractivity contribution < 1.29 is 24.0 Å². The predicted octanol–water partition coefficient (Wildman–Crippen LogP) is 6.14. The second-order valence-corrected chi connectivity index (χ2v) is 9.17. The molecule has 0 radical (unpaired) electrons. The molecule has 0 atom stereocenters. The Bertz CT molecular complexity index is 1300. The molecule has 3 aromatic rings. The van der Waals surface area contributed by atoms with Crippen LogP contribution >= 0.6 is 46.4 Å². The van der Waals surface area contributed by atoms with Gasteiger partial charge in [-0.3, -0.25) is 14.4 Å². The van der Waals surface area contributed by atoms with Crippen LogP contribution in [0.4, 0.5) is 17.1 Å². The lowest BCUT2D eigenvalue weighted by molar-refractivity contribution is -0.126. The molecule has 0 saturated heterocycles. The average molecular weight is 598 g/mol. The summed E-state index contributed by atoms with van der Waals surface area (Å²) in [6.45, 7) is -0.503. The van der Waals surface area contributed by atoms with Gasteiger partial charge < -0.3 is 25.5 Å².